The molecular formula is C3H13HfO3-. The fourth-order valence-electron chi connectivity index (χ4n) is 0. The average molecular weight is 276 g/mol. The van der Waals surface area contributed by atoms with Gasteiger partial charge in [-0.15, -0.1) is 0 Å². The van der Waals surface area contributed by atoms with E-state index < -0.39 is 0 Å². The van der Waals surface area contributed by atoms with Crippen LogP contribution in [0, 0.1) is 6.92 Å². The molecule has 0 aromatic carbocycles. The molecule has 0 aliphatic rings. The molecule has 0 saturated carbocycles. The minimum atomic E-state index is 0. The molecule has 0 amide bonds. The Bertz CT molecular complexity index is 10.1. The van der Waals surface area contributed by atoms with Gasteiger partial charge in [-0.05, 0) is 0 Å². The molecular weight excluding hydrogens is 263 g/mol. The molecule has 0 atom stereocenters. The van der Waals surface area contributed by atoms with Gasteiger partial charge < -0.3 is 23.4 Å². The summed E-state index contributed by atoms with van der Waals surface area (Å²) in [6.45, 7) is 5.50. The summed E-state index contributed by atoms with van der Waals surface area (Å²) in [5, 5.41) is 0. The SMILES string of the molecule is O.O.O.[CH2-]CC.[Hf]. The molecule has 4 heteroatoms. The maximum absolute atomic E-state index is 3.49. The minimum Gasteiger partial charge on any atom is -0.412 e. The molecule has 0 unspecified atom stereocenters. The zero-order chi connectivity index (χ0) is 2.71. The predicted octanol–water partition coefficient (Wildman–Crippen LogP) is -1.25. The van der Waals surface area contributed by atoms with Crippen molar-refractivity contribution < 1.29 is 42.3 Å². The van der Waals surface area contributed by atoms with Gasteiger partial charge in [-0.2, -0.15) is 6.42 Å². The molecule has 0 rings (SSSR count). The Hall–Kier alpha value is 0.750. The first-order valence-corrected chi connectivity index (χ1v) is 1.21. The van der Waals surface area contributed by atoms with Crippen molar-refractivity contribution in [2.75, 3.05) is 0 Å². The summed E-state index contributed by atoms with van der Waals surface area (Å²) in [6.07, 6.45) is 1.00. The van der Waals surface area contributed by atoms with Crippen LogP contribution < -0.4 is 0 Å². The summed E-state index contributed by atoms with van der Waals surface area (Å²) in [7, 11) is 0. The van der Waals surface area contributed by atoms with E-state index in [1.54, 1.807) is 0 Å². The van der Waals surface area contributed by atoms with E-state index >= 15 is 0 Å². The van der Waals surface area contributed by atoms with Gasteiger partial charge in [0.25, 0.3) is 0 Å². The van der Waals surface area contributed by atoms with Gasteiger partial charge >= 0.3 is 0 Å². The van der Waals surface area contributed by atoms with Crippen LogP contribution in [0.5, 0.6) is 0 Å². The van der Waals surface area contributed by atoms with E-state index in [9.17, 15) is 0 Å². The van der Waals surface area contributed by atoms with E-state index in [0.29, 0.717) is 0 Å². The Morgan fingerprint density at radius 1 is 1.14 bits per heavy atom. The topological polar surface area (TPSA) is 94.5 Å². The summed E-state index contributed by atoms with van der Waals surface area (Å²) >= 11 is 0. The van der Waals surface area contributed by atoms with Crippen molar-refractivity contribution in [3.8, 4) is 0 Å². The Kier molecular flexibility index (Phi) is 486. The molecule has 48 valence electrons. The molecule has 0 heterocycles. The molecule has 0 aromatic heterocycles. The molecule has 0 fully saturated rings. The third-order valence-electron chi connectivity index (χ3n) is 0. The van der Waals surface area contributed by atoms with Crippen molar-refractivity contribution >= 4 is 0 Å². The molecule has 7 heavy (non-hydrogen) atoms. The molecule has 0 spiro atoms. The van der Waals surface area contributed by atoms with Gasteiger partial charge in [0.2, 0.25) is 0 Å². The van der Waals surface area contributed by atoms with Crippen LogP contribution in [0.4, 0.5) is 0 Å². The molecule has 0 saturated heterocycles. The zero-order valence-corrected chi connectivity index (χ0v) is 8.01. The second-order valence-electron chi connectivity index (χ2n) is 0.500. The number of rotatable bonds is 0. The number of hydrogen-bond donors (Lipinski definition) is 0. The smallest absolute Gasteiger partial charge is 0 e. The second kappa shape index (κ2) is 72.9. The van der Waals surface area contributed by atoms with Crippen LogP contribution >= 0.6 is 0 Å². The predicted molar refractivity (Wildman–Crippen MR) is 26.5 cm³/mol. The maximum Gasteiger partial charge on any atom is 0 e. The largest absolute Gasteiger partial charge is 0.412 e. The van der Waals surface area contributed by atoms with Crippen molar-refractivity contribution in [1.29, 1.82) is 0 Å². The van der Waals surface area contributed by atoms with Gasteiger partial charge in [0.1, 0.15) is 0 Å². The normalized spacial score (nSPS) is 2.57. The van der Waals surface area contributed by atoms with Crippen molar-refractivity contribution in [3.63, 3.8) is 0 Å². The molecule has 0 radical (unpaired) electrons. The summed E-state index contributed by atoms with van der Waals surface area (Å²) < 4.78 is 0. The van der Waals surface area contributed by atoms with Gasteiger partial charge in [0.15, 0.2) is 0 Å². The summed E-state index contributed by atoms with van der Waals surface area (Å²) in [6, 6.07) is 0. The third kappa shape index (κ3) is 271. The van der Waals surface area contributed by atoms with Crippen LogP contribution in [0.25, 0.3) is 0 Å². The summed E-state index contributed by atoms with van der Waals surface area (Å²) in [4.78, 5) is 0. The van der Waals surface area contributed by atoms with Gasteiger partial charge in [-0.1, -0.05) is 6.92 Å². The molecule has 0 bridgehead atoms. The third-order valence-corrected chi connectivity index (χ3v) is 0. The Labute approximate surface area is 62.8 Å². The maximum atomic E-state index is 3.49. The van der Waals surface area contributed by atoms with Crippen LogP contribution in [0.1, 0.15) is 13.3 Å². The van der Waals surface area contributed by atoms with E-state index in [1.807, 2.05) is 6.92 Å². The van der Waals surface area contributed by atoms with E-state index in [2.05, 4.69) is 6.92 Å². The first-order chi connectivity index (χ1) is 1.41. The summed E-state index contributed by atoms with van der Waals surface area (Å²) in [5.74, 6) is 0. The van der Waals surface area contributed by atoms with Crippen molar-refractivity contribution in [2.45, 2.75) is 13.3 Å². The molecule has 0 aromatic rings. The standard InChI is InChI=1S/C3H7.Hf.3H2O/c1-3-2;;;;/h1,3H2,2H3;;3*1H2/q-1;;;;. The fourth-order valence-corrected chi connectivity index (χ4v) is 0. The molecule has 0 aliphatic heterocycles. The fraction of sp³-hybridized carbons (Fsp3) is 0.667. The Morgan fingerprint density at radius 2 is 1.14 bits per heavy atom. The van der Waals surface area contributed by atoms with Crippen LogP contribution in [0.3, 0.4) is 0 Å². The quantitative estimate of drug-likeness (QED) is 0.390. The first-order valence-electron chi connectivity index (χ1n) is 1.21. The molecule has 3 nitrogen and oxygen atoms in total. The van der Waals surface area contributed by atoms with Crippen molar-refractivity contribution in [1.82, 2.24) is 0 Å². The zero-order valence-electron chi connectivity index (χ0n) is 4.41. The van der Waals surface area contributed by atoms with Gasteiger partial charge in [-0.25, -0.2) is 0 Å². The van der Waals surface area contributed by atoms with Crippen molar-refractivity contribution in [3.05, 3.63) is 6.92 Å². The Balaban J connectivity index is -0.00000000333. The van der Waals surface area contributed by atoms with Crippen molar-refractivity contribution in [2.24, 2.45) is 0 Å². The van der Waals surface area contributed by atoms with Crippen LogP contribution in [-0.2, 0) is 25.8 Å². The van der Waals surface area contributed by atoms with Crippen LogP contribution in [0.2, 0.25) is 0 Å². The summed E-state index contributed by atoms with van der Waals surface area (Å²) in [5.41, 5.74) is 0. The molecule has 0 aliphatic carbocycles. The van der Waals surface area contributed by atoms with Gasteiger partial charge in [0, 0.05) is 25.8 Å². The van der Waals surface area contributed by atoms with E-state index in [0.717, 1.165) is 6.42 Å². The monoisotopic (exact) mass is 277 g/mol. The van der Waals surface area contributed by atoms with E-state index in [1.165, 1.54) is 0 Å². The molecule has 6 N–H and O–H groups in total. The number of hydrogen-bond acceptors (Lipinski definition) is 0. The van der Waals surface area contributed by atoms with Crippen LogP contribution in [0.15, 0.2) is 0 Å². The van der Waals surface area contributed by atoms with Gasteiger partial charge in [0.05, 0.1) is 0 Å². The van der Waals surface area contributed by atoms with Gasteiger partial charge in [-0.3, -0.25) is 0 Å². The second-order valence-corrected chi connectivity index (χ2v) is 0.500. The van der Waals surface area contributed by atoms with E-state index in [-0.39, 0.29) is 42.3 Å². The minimum absolute atomic E-state index is 0. The van der Waals surface area contributed by atoms with Crippen LogP contribution in [-0.4, -0.2) is 16.4 Å². The average Bonchev–Trinajstić information content (AvgIpc) is 0.918. The Morgan fingerprint density at radius 3 is 1.14 bits per heavy atom. The van der Waals surface area contributed by atoms with E-state index in [4.69, 9.17) is 0 Å². The first kappa shape index (κ1) is 46.7.